The first-order chi connectivity index (χ1) is 7.05. The van der Waals surface area contributed by atoms with Crippen molar-refractivity contribution >= 4 is 5.97 Å². The van der Waals surface area contributed by atoms with Crippen LogP contribution in [0.15, 0.2) is 30.3 Å². The Morgan fingerprint density at radius 1 is 1.40 bits per heavy atom. The minimum absolute atomic E-state index is 0.537. The fraction of sp³-hybridized carbons (Fsp3) is 0.364. The molecule has 1 aromatic carbocycles. The zero-order valence-corrected chi connectivity index (χ0v) is 8.77. The van der Waals surface area contributed by atoms with E-state index in [4.69, 9.17) is 0 Å². The van der Waals surface area contributed by atoms with Gasteiger partial charge < -0.3 is 10.2 Å². The van der Waals surface area contributed by atoms with Gasteiger partial charge in [0.05, 0.1) is 6.10 Å². The monoisotopic (exact) mass is 209 g/mol. The van der Waals surface area contributed by atoms with Gasteiger partial charge in [-0.25, -0.2) is 4.79 Å². The number of aliphatic hydroxyl groups is 1. The number of aliphatic hydroxyl groups excluding tert-OH is 1. The molecule has 3 N–H and O–H groups in total. The van der Waals surface area contributed by atoms with Gasteiger partial charge in [-0.1, -0.05) is 30.3 Å². The van der Waals surface area contributed by atoms with Gasteiger partial charge in [0, 0.05) is 0 Å². The number of rotatable bonds is 4. The van der Waals surface area contributed by atoms with Crippen LogP contribution >= 0.6 is 0 Å². The zero-order valence-electron chi connectivity index (χ0n) is 8.77. The van der Waals surface area contributed by atoms with Crippen LogP contribution in [0, 0.1) is 0 Å². The van der Waals surface area contributed by atoms with E-state index in [-0.39, 0.29) is 0 Å². The largest absolute Gasteiger partial charge is 0.480 e. The van der Waals surface area contributed by atoms with Crippen molar-refractivity contribution in [3.8, 4) is 0 Å². The minimum Gasteiger partial charge on any atom is -0.480 e. The number of carboxylic acids is 1. The first kappa shape index (κ1) is 11.7. The molecule has 0 bridgehead atoms. The summed E-state index contributed by atoms with van der Waals surface area (Å²) in [6.07, 6.45) is -1.03. The maximum Gasteiger partial charge on any atom is 0.331 e. The number of hydrogen-bond acceptors (Lipinski definition) is 3. The van der Waals surface area contributed by atoms with Crippen molar-refractivity contribution in [2.45, 2.75) is 18.6 Å². The number of benzene rings is 1. The molecule has 1 aromatic rings. The van der Waals surface area contributed by atoms with E-state index < -0.39 is 17.6 Å². The Balaban J connectivity index is 3.28. The van der Waals surface area contributed by atoms with Crippen LogP contribution in [0.2, 0.25) is 0 Å². The number of likely N-dealkylation sites (N-methyl/N-ethyl adjacent to an activating group) is 1. The first-order valence-corrected chi connectivity index (χ1v) is 4.71. The van der Waals surface area contributed by atoms with Crippen molar-refractivity contribution in [2.24, 2.45) is 0 Å². The molecule has 2 atom stereocenters. The summed E-state index contributed by atoms with van der Waals surface area (Å²) in [5.41, 5.74) is -0.906. The Labute approximate surface area is 88.6 Å². The molecule has 1 rings (SSSR count). The standard InChI is InChI=1S/C11H15NO3/c1-8(13)11(12-2,10(14)15)9-6-4-3-5-7-9/h3-8,12-13H,1-2H3,(H,14,15). The van der Waals surface area contributed by atoms with Gasteiger partial charge in [0.15, 0.2) is 5.54 Å². The Bertz CT molecular complexity index is 337. The molecule has 0 aliphatic heterocycles. The molecule has 4 nitrogen and oxygen atoms in total. The van der Waals surface area contributed by atoms with Crippen LogP contribution in [0.4, 0.5) is 0 Å². The lowest BCUT2D eigenvalue weighted by molar-refractivity contribution is -0.150. The average molecular weight is 209 g/mol. The lowest BCUT2D eigenvalue weighted by atomic mass is 9.85. The van der Waals surface area contributed by atoms with Gasteiger partial charge in [0.25, 0.3) is 0 Å². The van der Waals surface area contributed by atoms with Crippen LogP contribution in [0.5, 0.6) is 0 Å². The van der Waals surface area contributed by atoms with E-state index in [9.17, 15) is 15.0 Å². The summed E-state index contributed by atoms with van der Waals surface area (Å²) < 4.78 is 0. The van der Waals surface area contributed by atoms with Gasteiger partial charge in [0.2, 0.25) is 0 Å². The molecule has 0 spiro atoms. The molecular formula is C11H15NO3. The van der Waals surface area contributed by atoms with E-state index in [1.807, 2.05) is 0 Å². The van der Waals surface area contributed by atoms with E-state index in [1.54, 1.807) is 30.3 Å². The van der Waals surface area contributed by atoms with E-state index in [1.165, 1.54) is 14.0 Å². The molecule has 0 saturated carbocycles. The van der Waals surface area contributed by atoms with Crippen molar-refractivity contribution in [3.63, 3.8) is 0 Å². The van der Waals surface area contributed by atoms with Crippen molar-refractivity contribution in [1.82, 2.24) is 5.32 Å². The van der Waals surface area contributed by atoms with Gasteiger partial charge >= 0.3 is 5.97 Å². The number of carboxylic acid groups (broad SMARTS) is 1. The van der Waals surface area contributed by atoms with E-state index in [0.29, 0.717) is 5.56 Å². The third-order valence-corrected chi connectivity index (χ3v) is 2.59. The third-order valence-electron chi connectivity index (χ3n) is 2.59. The topological polar surface area (TPSA) is 69.6 Å². The Kier molecular flexibility index (Phi) is 3.44. The highest BCUT2D eigenvalue weighted by atomic mass is 16.4. The quantitative estimate of drug-likeness (QED) is 0.678. The van der Waals surface area contributed by atoms with Crippen LogP contribution in [0.3, 0.4) is 0 Å². The van der Waals surface area contributed by atoms with E-state index in [0.717, 1.165) is 0 Å². The fourth-order valence-electron chi connectivity index (χ4n) is 1.70. The third kappa shape index (κ3) is 1.86. The summed E-state index contributed by atoms with van der Waals surface area (Å²) in [7, 11) is 1.52. The summed E-state index contributed by atoms with van der Waals surface area (Å²) in [5, 5.41) is 21.5. The minimum atomic E-state index is -1.44. The Morgan fingerprint density at radius 3 is 2.27 bits per heavy atom. The predicted molar refractivity (Wildman–Crippen MR) is 56.5 cm³/mol. The molecule has 0 aromatic heterocycles. The molecule has 4 heteroatoms. The SMILES string of the molecule is CNC(C(=O)O)(c1ccccc1)C(C)O. The molecule has 0 aliphatic carbocycles. The molecule has 15 heavy (non-hydrogen) atoms. The number of aliphatic carboxylic acids is 1. The Hall–Kier alpha value is -1.39. The Morgan fingerprint density at radius 2 is 1.93 bits per heavy atom. The number of nitrogens with one attached hydrogen (secondary N) is 1. The zero-order chi connectivity index (χ0) is 11.5. The van der Waals surface area contributed by atoms with Crippen molar-refractivity contribution in [1.29, 1.82) is 0 Å². The first-order valence-electron chi connectivity index (χ1n) is 4.71. The predicted octanol–water partition coefficient (Wildman–Crippen LogP) is 0.567. The van der Waals surface area contributed by atoms with Crippen LogP contribution in [0.25, 0.3) is 0 Å². The second-order valence-electron chi connectivity index (χ2n) is 3.41. The summed E-state index contributed by atoms with van der Waals surface area (Å²) in [6, 6.07) is 8.64. The smallest absolute Gasteiger partial charge is 0.331 e. The lowest BCUT2D eigenvalue weighted by Gasteiger charge is -2.32. The molecule has 0 saturated heterocycles. The second kappa shape index (κ2) is 4.42. The fourth-order valence-corrected chi connectivity index (χ4v) is 1.70. The van der Waals surface area contributed by atoms with Crippen molar-refractivity contribution in [3.05, 3.63) is 35.9 Å². The van der Waals surface area contributed by atoms with E-state index >= 15 is 0 Å². The number of hydrogen-bond donors (Lipinski definition) is 3. The maximum absolute atomic E-state index is 11.3. The van der Waals surface area contributed by atoms with Crippen LogP contribution < -0.4 is 5.32 Å². The van der Waals surface area contributed by atoms with Gasteiger partial charge in [-0.3, -0.25) is 5.32 Å². The average Bonchev–Trinajstić information content (AvgIpc) is 2.20. The highest BCUT2D eigenvalue weighted by molar-refractivity contribution is 5.81. The normalized spacial score (nSPS) is 16.7. The summed E-state index contributed by atoms with van der Waals surface area (Å²) >= 11 is 0. The molecular weight excluding hydrogens is 194 g/mol. The lowest BCUT2D eigenvalue weighted by Crippen LogP contribution is -2.55. The summed E-state index contributed by atoms with van der Waals surface area (Å²) in [6.45, 7) is 1.46. The van der Waals surface area contributed by atoms with Crippen LogP contribution in [-0.4, -0.2) is 29.3 Å². The van der Waals surface area contributed by atoms with E-state index in [2.05, 4.69) is 5.32 Å². The molecule has 2 unspecified atom stereocenters. The van der Waals surface area contributed by atoms with Crippen LogP contribution in [-0.2, 0) is 10.3 Å². The molecule has 0 heterocycles. The van der Waals surface area contributed by atoms with Gasteiger partial charge in [-0.15, -0.1) is 0 Å². The summed E-state index contributed by atoms with van der Waals surface area (Å²) in [4.78, 5) is 11.3. The summed E-state index contributed by atoms with van der Waals surface area (Å²) in [5.74, 6) is -1.09. The molecule has 0 aliphatic rings. The molecule has 0 radical (unpaired) electrons. The van der Waals surface area contributed by atoms with Gasteiger partial charge in [-0.2, -0.15) is 0 Å². The highest BCUT2D eigenvalue weighted by Crippen LogP contribution is 2.25. The molecule has 0 amide bonds. The van der Waals surface area contributed by atoms with Crippen molar-refractivity contribution < 1.29 is 15.0 Å². The van der Waals surface area contributed by atoms with Gasteiger partial charge in [-0.05, 0) is 19.5 Å². The molecule has 0 fully saturated rings. The molecule has 82 valence electrons. The van der Waals surface area contributed by atoms with Crippen LogP contribution in [0.1, 0.15) is 12.5 Å². The maximum atomic E-state index is 11.3. The van der Waals surface area contributed by atoms with Gasteiger partial charge in [0.1, 0.15) is 0 Å². The van der Waals surface area contributed by atoms with Crippen molar-refractivity contribution in [2.75, 3.05) is 7.05 Å². The second-order valence-corrected chi connectivity index (χ2v) is 3.41. The number of carbonyl (C=O) groups is 1. The highest BCUT2D eigenvalue weighted by Gasteiger charge is 2.43.